The van der Waals surface area contributed by atoms with Crippen molar-refractivity contribution in [3.8, 4) is 11.3 Å². The molecule has 2 heterocycles. The lowest BCUT2D eigenvalue weighted by atomic mass is 10.1. The molecule has 0 unspecified atom stereocenters. The number of para-hydroxylation sites is 1. The van der Waals surface area contributed by atoms with Crippen molar-refractivity contribution < 1.29 is 14.0 Å². The van der Waals surface area contributed by atoms with Crippen LogP contribution in [0.1, 0.15) is 12.3 Å². The van der Waals surface area contributed by atoms with Gasteiger partial charge >= 0.3 is 0 Å². The summed E-state index contributed by atoms with van der Waals surface area (Å²) in [5, 5.41) is 2.90. The van der Waals surface area contributed by atoms with E-state index in [0.29, 0.717) is 18.1 Å². The van der Waals surface area contributed by atoms with Crippen molar-refractivity contribution in [2.45, 2.75) is 13.3 Å². The number of benzene rings is 2. The molecular weight excluding hydrogens is 422 g/mol. The van der Waals surface area contributed by atoms with Crippen molar-refractivity contribution >= 4 is 39.1 Å². The Morgan fingerprint density at radius 1 is 1.21 bits per heavy atom. The van der Waals surface area contributed by atoms with Gasteiger partial charge in [-0.3, -0.25) is 9.59 Å². The van der Waals surface area contributed by atoms with E-state index in [9.17, 15) is 9.59 Å². The Bertz CT molecular complexity index is 1030. The third-order valence-electron chi connectivity index (χ3n) is 4.71. The van der Waals surface area contributed by atoms with Gasteiger partial charge in [0.25, 0.3) is 0 Å². The van der Waals surface area contributed by atoms with E-state index in [1.807, 2.05) is 48.5 Å². The fourth-order valence-corrected chi connectivity index (χ4v) is 3.75. The number of rotatable bonds is 4. The third kappa shape index (κ3) is 3.71. The molecule has 0 radical (unpaired) electrons. The van der Waals surface area contributed by atoms with Gasteiger partial charge in [-0.1, -0.05) is 24.3 Å². The lowest BCUT2D eigenvalue weighted by molar-refractivity contribution is -0.122. The molecule has 0 aliphatic carbocycles. The molecule has 1 atom stereocenters. The summed E-state index contributed by atoms with van der Waals surface area (Å²) < 4.78 is 6.06. The fourth-order valence-electron chi connectivity index (χ4n) is 3.25. The van der Waals surface area contributed by atoms with Gasteiger partial charge in [0.05, 0.1) is 11.6 Å². The van der Waals surface area contributed by atoms with Gasteiger partial charge in [-0.15, -0.1) is 0 Å². The summed E-state index contributed by atoms with van der Waals surface area (Å²) in [6.45, 7) is 2.15. The monoisotopic (exact) mass is 439 g/mol. The number of aryl methyl sites for hydroxylation is 1. The molecule has 2 aromatic carbocycles. The van der Waals surface area contributed by atoms with E-state index in [0.717, 1.165) is 21.4 Å². The third-order valence-corrected chi connectivity index (χ3v) is 5.38. The van der Waals surface area contributed by atoms with Gasteiger partial charge in [0, 0.05) is 35.6 Å². The van der Waals surface area contributed by atoms with Crippen LogP contribution in [0.15, 0.2) is 63.7 Å². The summed E-state index contributed by atoms with van der Waals surface area (Å²) in [5.41, 5.74) is 3.13. The van der Waals surface area contributed by atoms with Gasteiger partial charge in [-0.25, -0.2) is 4.98 Å². The average Bonchev–Trinajstić information content (AvgIpc) is 3.29. The van der Waals surface area contributed by atoms with Crippen LogP contribution < -0.4 is 10.2 Å². The Hall–Kier alpha value is -2.93. The molecule has 1 aromatic heterocycles. The van der Waals surface area contributed by atoms with Crippen LogP contribution in [0, 0.1) is 12.8 Å². The molecule has 1 saturated heterocycles. The van der Waals surface area contributed by atoms with Crippen LogP contribution in [0.4, 0.5) is 11.4 Å². The Morgan fingerprint density at radius 3 is 2.64 bits per heavy atom. The van der Waals surface area contributed by atoms with Gasteiger partial charge in [0.15, 0.2) is 5.89 Å². The van der Waals surface area contributed by atoms with Crippen molar-refractivity contribution in [2.75, 3.05) is 16.8 Å². The number of carbonyl (C=O) groups is 2. The number of amides is 2. The normalized spacial score (nSPS) is 16.4. The Balaban J connectivity index is 1.43. The predicted molar refractivity (Wildman–Crippen MR) is 110 cm³/mol. The number of aromatic nitrogens is 1. The molecule has 6 nitrogen and oxygen atoms in total. The van der Waals surface area contributed by atoms with E-state index >= 15 is 0 Å². The van der Waals surface area contributed by atoms with Crippen LogP contribution in [-0.4, -0.2) is 23.3 Å². The van der Waals surface area contributed by atoms with E-state index < -0.39 is 5.92 Å². The summed E-state index contributed by atoms with van der Waals surface area (Å²) in [6, 6.07) is 14.9. The van der Waals surface area contributed by atoms with Gasteiger partial charge in [-0.05, 0) is 40.2 Å². The molecule has 4 rings (SSSR count). The second-order valence-electron chi connectivity index (χ2n) is 6.68. The van der Waals surface area contributed by atoms with Gasteiger partial charge in [0.2, 0.25) is 11.8 Å². The molecule has 1 aliphatic rings. The summed E-state index contributed by atoms with van der Waals surface area (Å²) in [7, 11) is 0. The maximum Gasteiger partial charge on any atom is 0.229 e. The molecule has 1 fully saturated rings. The summed E-state index contributed by atoms with van der Waals surface area (Å²) in [4.78, 5) is 31.0. The standard InChI is InChI=1S/C21H18BrN3O3/c1-13-23-18(12-28-13)14-6-8-16(9-7-14)24-21(27)15-10-20(26)25(11-15)19-5-3-2-4-17(19)22/h2-9,12,15H,10-11H2,1H3,(H,24,27)/t15-/m0/s1. The molecule has 142 valence electrons. The van der Waals surface area contributed by atoms with Crippen molar-refractivity contribution in [3.63, 3.8) is 0 Å². The predicted octanol–water partition coefficient (Wildman–Crippen LogP) is 4.40. The Labute approximate surface area is 170 Å². The lowest BCUT2D eigenvalue weighted by Gasteiger charge is -2.18. The minimum Gasteiger partial charge on any atom is -0.449 e. The Kier molecular flexibility index (Phi) is 5.00. The molecule has 28 heavy (non-hydrogen) atoms. The smallest absolute Gasteiger partial charge is 0.229 e. The first-order valence-electron chi connectivity index (χ1n) is 8.89. The van der Waals surface area contributed by atoms with E-state index in [-0.39, 0.29) is 18.2 Å². The average molecular weight is 440 g/mol. The topological polar surface area (TPSA) is 75.4 Å². The van der Waals surface area contributed by atoms with Gasteiger partial charge < -0.3 is 14.6 Å². The molecule has 0 saturated carbocycles. The second-order valence-corrected chi connectivity index (χ2v) is 7.53. The van der Waals surface area contributed by atoms with Gasteiger partial charge in [0.1, 0.15) is 12.0 Å². The first-order chi connectivity index (χ1) is 13.5. The first-order valence-corrected chi connectivity index (χ1v) is 9.69. The van der Waals surface area contributed by atoms with Crippen LogP contribution in [0.5, 0.6) is 0 Å². The molecule has 7 heteroatoms. The minimum absolute atomic E-state index is 0.0520. The van der Waals surface area contributed by atoms with Crippen LogP contribution in [0.25, 0.3) is 11.3 Å². The van der Waals surface area contributed by atoms with E-state index in [1.165, 1.54) is 0 Å². The highest BCUT2D eigenvalue weighted by atomic mass is 79.9. The minimum atomic E-state index is -0.391. The van der Waals surface area contributed by atoms with Gasteiger partial charge in [-0.2, -0.15) is 0 Å². The fraction of sp³-hybridized carbons (Fsp3) is 0.190. The molecule has 1 N–H and O–H groups in total. The number of anilines is 2. The molecule has 0 spiro atoms. The van der Waals surface area contributed by atoms with E-state index in [2.05, 4.69) is 26.2 Å². The molecular formula is C21H18BrN3O3. The number of hydrogen-bond acceptors (Lipinski definition) is 4. The molecule has 3 aromatic rings. The number of oxazole rings is 1. The maximum absolute atomic E-state index is 12.7. The first kappa shape index (κ1) is 18.4. The van der Waals surface area contributed by atoms with Crippen LogP contribution in [-0.2, 0) is 9.59 Å². The largest absolute Gasteiger partial charge is 0.449 e. The van der Waals surface area contributed by atoms with E-state index in [4.69, 9.17) is 4.42 Å². The lowest BCUT2D eigenvalue weighted by Crippen LogP contribution is -2.28. The van der Waals surface area contributed by atoms with Crippen LogP contribution in [0.2, 0.25) is 0 Å². The summed E-state index contributed by atoms with van der Waals surface area (Å²) in [5.74, 6) is 0.00194. The zero-order chi connectivity index (χ0) is 19.7. The zero-order valence-corrected chi connectivity index (χ0v) is 16.8. The highest BCUT2D eigenvalue weighted by Crippen LogP contribution is 2.31. The highest BCUT2D eigenvalue weighted by molar-refractivity contribution is 9.10. The van der Waals surface area contributed by atoms with E-state index in [1.54, 1.807) is 18.1 Å². The second kappa shape index (κ2) is 7.59. The molecule has 0 bridgehead atoms. The quantitative estimate of drug-likeness (QED) is 0.653. The zero-order valence-electron chi connectivity index (χ0n) is 15.2. The van der Waals surface area contributed by atoms with Crippen molar-refractivity contribution in [2.24, 2.45) is 5.92 Å². The van der Waals surface area contributed by atoms with Crippen molar-refractivity contribution in [1.82, 2.24) is 4.98 Å². The number of nitrogens with one attached hydrogen (secondary N) is 1. The van der Waals surface area contributed by atoms with Crippen LogP contribution in [0.3, 0.4) is 0 Å². The number of hydrogen-bond donors (Lipinski definition) is 1. The Morgan fingerprint density at radius 2 is 1.96 bits per heavy atom. The highest BCUT2D eigenvalue weighted by Gasteiger charge is 2.35. The SMILES string of the molecule is Cc1nc(-c2ccc(NC(=O)[C@H]3CC(=O)N(c4ccccc4Br)C3)cc2)co1. The summed E-state index contributed by atoms with van der Waals surface area (Å²) in [6.07, 6.45) is 1.80. The van der Waals surface area contributed by atoms with Crippen molar-refractivity contribution in [3.05, 3.63) is 65.2 Å². The summed E-state index contributed by atoms with van der Waals surface area (Å²) >= 11 is 3.47. The van der Waals surface area contributed by atoms with Crippen molar-refractivity contribution in [1.29, 1.82) is 0 Å². The number of halogens is 1. The number of carbonyl (C=O) groups excluding carboxylic acids is 2. The molecule has 1 aliphatic heterocycles. The van der Waals surface area contributed by atoms with Crippen LogP contribution >= 0.6 is 15.9 Å². The molecule has 2 amide bonds. The number of nitrogens with zero attached hydrogens (tertiary/aromatic N) is 2. The maximum atomic E-state index is 12.7.